The van der Waals surface area contributed by atoms with E-state index in [-0.39, 0.29) is 11.6 Å². The summed E-state index contributed by atoms with van der Waals surface area (Å²) in [6.45, 7) is 0. The first kappa shape index (κ1) is 11.0. The molecule has 8 heteroatoms. The molecule has 0 spiro atoms. The first-order chi connectivity index (χ1) is 7.61. The van der Waals surface area contributed by atoms with Crippen LogP contribution in [0.25, 0.3) is 5.82 Å². The Bertz CT molecular complexity index is 527. The summed E-state index contributed by atoms with van der Waals surface area (Å²) in [5.41, 5.74) is 2.03. The second kappa shape index (κ2) is 4.14. The fourth-order valence-corrected chi connectivity index (χ4v) is 1.42. The number of aromatic nitrogens is 3. The van der Waals surface area contributed by atoms with Crippen molar-refractivity contribution in [3.05, 3.63) is 34.6 Å². The number of nitrogens with two attached hydrogens (primary N) is 1. The van der Waals surface area contributed by atoms with Crippen LogP contribution in [-0.2, 0) is 0 Å². The fraction of sp³-hybridized carbons (Fsp3) is 0. The predicted molar refractivity (Wildman–Crippen MR) is 56.8 cm³/mol. The normalized spacial score (nSPS) is 10.5. The minimum Gasteiger partial charge on any atom is -0.306 e. The number of nitrogen functional groups attached to an aromatic ring is 1. The molecule has 5 nitrogen and oxygen atoms in total. The zero-order chi connectivity index (χ0) is 11.7. The van der Waals surface area contributed by atoms with E-state index in [2.05, 4.69) is 26.0 Å². The lowest BCUT2D eigenvalue weighted by atomic mass is 10.4. The van der Waals surface area contributed by atoms with Gasteiger partial charge in [0, 0.05) is 12.3 Å². The molecule has 0 amide bonds. The maximum atomic E-state index is 13.4. The van der Waals surface area contributed by atoms with Crippen LogP contribution >= 0.6 is 15.9 Å². The van der Waals surface area contributed by atoms with E-state index >= 15 is 0 Å². The number of hydrazine groups is 1. The third-order valence-corrected chi connectivity index (χ3v) is 2.23. The molecule has 2 aromatic rings. The Morgan fingerprint density at radius 2 is 2.12 bits per heavy atom. The van der Waals surface area contributed by atoms with Crippen LogP contribution in [0.5, 0.6) is 0 Å². The minimum absolute atomic E-state index is 0.139. The summed E-state index contributed by atoms with van der Waals surface area (Å²) < 4.78 is 28.3. The van der Waals surface area contributed by atoms with Crippen LogP contribution in [0.15, 0.2) is 22.9 Å². The number of hydrogen-bond acceptors (Lipinski definition) is 4. The highest BCUT2D eigenvalue weighted by Crippen LogP contribution is 2.18. The lowest BCUT2D eigenvalue weighted by Gasteiger charge is -2.06. The Balaban J connectivity index is 2.56. The zero-order valence-electron chi connectivity index (χ0n) is 7.78. The number of pyridine rings is 1. The number of anilines is 1. The Morgan fingerprint density at radius 3 is 2.69 bits per heavy atom. The molecular formula is C8H6BrF2N5. The molecule has 0 bridgehead atoms. The van der Waals surface area contributed by atoms with Gasteiger partial charge in [-0.25, -0.2) is 24.3 Å². The molecule has 0 aliphatic rings. The summed E-state index contributed by atoms with van der Waals surface area (Å²) in [5.74, 6) is 2.96. The van der Waals surface area contributed by atoms with Crippen molar-refractivity contribution >= 4 is 21.7 Å². The van der Waals surface area contributed by atoms with Crippen molar-refractivity contribution in [2.24, 2.45) is 5.84 Å². The molecule has 84 valence electrons. The SMILES string of the molecule is NNc1nc(-n2cc(Br)cn2)c(F)cc1F. The fourth-order valence-electron chi connectivity index (χ4n) is 1.14. The van der Waals surface area contributed by atoms with Gasteiger partial charge in [0.25, 0.3) is 0 Å². The van der Waals surface area contributed by atoms with Crippen LogP contribution in [0.3, 0.4) is 0 Å². The van der Waals surface area contributed by atoms with E-state index in [1.807, 2.05) is 5.43 Å². The van der Waals surface area contributed by atoms with Crippen molar-refractivity contribution < 1.29 is 8.78 Å². The Kier molecular flexibility index (Phi) is 2.84. The average molecular weight is 290 g/mol. The van der Waals surface area contributed by atoms with E-state index in [0.29, 0.717) is 10.5 Å². The van der Waals surface area contributed by atoms with Gasteiger partial charge in [-0.3, -0.25) is 0 Å². The molecule has 2 aromatic heterocycles. The highest BCUT2D eigenvalue weighted by Gasteiger charge is 2.13. The maximum absolute atomic E-state index is 13.4. The smallest absolute Gasteiger partial charge is 0.191 e. The molecule has 0 radical (unpaired) electrons. The van der Waals surface area contributed by atoms with Crippen molar-refractivity contribution in [1.29, 1.82) is 0 Å². The highest BCUT2D eigenvalue weighted by molar-refractivity contribution is 9.10. The average Bonchev–Trinajstić information content (AvgIpc) is 2.65. The monoisotopic (exact) mass is 289 g/mol. The first-order valence-corrected chi connectivity index (χ1v) is 4.94. The molecule has 3 N–H and O–H groups in total. The number of nitrogens with one attached hydrogen (secondary N) is 1. The van der Waals surface area contributed by atoms with Crippen LogP contribution in [-0.4, -0.2) is 14.8 Å². The number of hydrogen-bond donors (Lipinski definition) is 2. The Morgan fingerprint density at radius 1 is 1.38 bits per heavy atom. The quantitative estimate of drug-likeness (QED) is 0.651. The highest BCUT2D eigenvalue weighted by atomic mass is 79.9. The molecule has 0 saturated carbocycles. The van der Waals surface area contributed by atoms with Gasteiger partial charge in [-0.2, -0.15) is 5.10 Å². The topological polar surface area (TPSA) is 68.8 Å². The summed E-state index contributed by atoms with van der Waals surface area (Å²) >= 11 is 3.16. The van der Waals surface area contributed by atoms with Crippen LogP contribution < -0.4 is 11.3 Å². The molecule has 2 rings (SSSR count). The van der Waals surface area contributed by atoms with Crippen molar-refractivity contribution in [2.45, 2.75) is 0 Å². The van der Waals surface area contributed by atoms with Crippen LogP contribution in [0.2, 0.25) is 0 Å². The van der Waals surface area contributed by atoms with E-state index in [9.17, 15) is 8.78 Å². The molecule has 0 aliphatic carbocycles. The third kappa shape index (κ3) is 1.89. The van der Waals surface area contributed by atoms with Gasteiger partial charge in [-0.1, -0.05) is 0 Å². The summed E-state index contributed by atoms with van der Waals surface area (Å²) in [7, 11) is 0. The second-order valence-corrected chi connectivity index (χ2v) is 3.79. The van der Waals surface area contributed by atoms with E-state index in [0.717, 1.165) is 0 Å². The van der Waals surface area contributed by atoms with Crippen LogP contribution in [0.1, 0.15) is 0 Å². The molecule has 0 unspecified atom stereocenters. The summed E-state index contributed by atoms with van der Waals surface area (Å²) in [5, 5.41) is 3.83. The minimum atomic E-state index is -0.866. The Labute approximate surface area is 97.4 Å². The molecule has 0 fully saturated rings. The second-order valence-electron chi connectivity index (χ2n) is 2.87. The molecule has 0 aromatic carbocycles. The van der Waals surface area contributed by atoms with Gasteiger partial charge in [0.2, 0.25) is 0 Å². The zero-order valence-corrected chi connectivity index (χ0v) is 9.37. The summed E-state index contributed by atoms with van der Waals surface area (Å²) in [6, 6.07) is 0.688. The van der Waals surface area contributed by atoms with Crippen LogP contribution in [0.4, 0.5) is 14.6 Å². The van der Waals surface area contributed by atoms with Crippen molar-refractivity contribution in [2.75, 3.05) is 5.43 Å². The number of halogens is 3. The third-order valence-electron chi connectivity index (χ3n) is 1.82. The van der Waals surface area contributed by atoms with Gasteiger partial charge in [-0.15, -0.1) is 0 Å². The lowest BCUT2D eigenvalue weighted by molar-refractivity contribution is 0.563. The molecule has 0 aliphatic heterocycles. The molecule has 2 heterocycles. The molecule has 16 heavy (non-hydrogen) atoms. The van der Waals surface area contributed by atoms with Gasteiger partial charge in [-0.05, 0) is 15.9 Å². The van der Waals surface area contributed by atoms with Gasteiger partial charge >= 0.3 is 0 Å². The molecule has 0 saturated heterocycles. The van der Waals surface area contributed by atoms with Gasteiger partial charge in [0.1, 0.15) is 0 Å². The lowest BCUT2D eigenvalue weighted by Crippen LogP contribution is -2.13. The predicted octanol–water partition coefficient (Wildman–Crippen LogP) is 1.59. The van der Waals surface area contributed by atoms with E-state index in [1.165, 1.54) is 17.1 Å². The molecule has 0 atom stereocenters. The Hall–Kier alpha value is -1.54. The van der Waals surface area contributed by atoms with E-state index < -0.39 is 11.6 Å². The molecular weight excluding hydrogens is 284 g/mol. The first-order valence-electron chi connectivity index (χ1n) is 4.15. The number of rotatable bonds is 2. The number of nitrogens with zero attached hydrogens (tertiary/aromatic N) is 3. The summed E-state index contributed by atoms with van der Waals surface area (Å²) in [4.78, 5) is 3.67. The van der Waals surface area contributed by atoms with E-state index in [4.69, 9.17) is 5.84 Å². The van der Waals surface area contributed by atoms with Crippen molar-refractivity contribution in [1.82, 2.24) is 14.8 Å². The maximum Gasteiger partial charge on any atom is 0.191 e. The van der Waals surface area contributed by atoms with Crippen molar-refractivity contribution in [3.63, 3.8) is 0 Å². The summed E-state index contributed by atoms with van der Waals surface area (Å²) in [6.07, 6.45) is 2.95. The van der Waals surface area contributed by atoms with Crippen LogP contribution in [0, 0.1) is 11.6 Å². The standard InChI is InChI=1S/C8H6BrF2N5/c9-4-2-13-16(3-4)8-6(11)1-5(10)7(14-8)15-12/h1-3H,12H2,(H,14,15). The van der Waals surface area contributed by atoms with Gasteiger partial charge < -0.3 is 5.43 Å². The van der Waals surface area contributed by atoms with Gasteiger partial charge in [0.15, 0.2) is 23.3 Å². The van der Waals surface area contributed by atoms with Crippen molar-refractivity contribution in [3.8, 4) is 5.82 Å². The largest absolute Gasteiger partial charge is 0.306 e. The van der Waals surface area contributed by atoms with Gasteiger partial charge in [0.05, 0.1) is 10.7 Å². The van der Waals surface area contributed by atoms with E-state index in [1.54, 1.807) is 0 Å².